The molecule has 0 radical (unpaired) electrons. The van der Waals surface area contributed by atoms with Gasteiger partial charge in [0.05, 0.1) is 36.3 Å². The lowest BCUT2D eigenvalue weighted by Gasteiger charge is -2.40. The summed E-state index contributed by atoms with van der Waals surface area (Å²) >= 11 is 0. The Morgan fingerprint density at radius 2 is 2.26 bits per heavy atom. The highest BCUT2D eigenvalue weighted by Crippen LogP contribution is 2.30. The van der Waals surface area contributed by atoms with Crippen LogP contribution in [-0.4, -0.2) is 49.3 Å². The number of rotatable bonds is 2. The van der Waals surface area contributed by atoms with Gasteiger partial charge in [-0.3, -0.25) is 10.00 Å². The van der Waals surface area contributed by atoms with Gasteiger partial charge in [0.1, 0.15) is 0 Å². The van der Waals surface area contributed by atoms with Crippen molar-refractivity contribution in [1.82, 2.24) is 30.1 Å². The number of H-pyrrole nitrogens is 1. The Balaban J connectivity index is 1.47. The predicted molar refractivity (Wildman–Crippen MR) is 84.8 cm³/mol. The summed E-state index contributed by atoms with van der Waals surface area (Å²) in [5.74, 6) is 0. The Morgan fingerprint density at radius 3 is 3.04 bits per heavy atom. The molecule has 2 atom stereocenters. The topological polar surface area (TPSA) is 71.9 Å². The molecule has 0 aromatic carbocycles. The maximum atomic E-state index is 5.97. The first-order chi connectivity index (χ1) is 11.0. The zero-order valence-corrected chi connectivity index (χ0v) is 14.0. The number of aromatic amines is 1. The molecule has 2 aromatic heterocycles. The van der Waals surface area contributed by atoms with E-state index in [1.54, 1.807) is 6.20 Å². The molecule has 1 N–H and O–H groups in total. The van der Waals surface area contributed by atoms with Gasteiger partial charge in [-0.15, -0.1) is 5.10 Å². The minimum Gasteiger partial charge on any atom is -0.370 e. The van der Waals surface area contributed by atoms with Crippen molar-refractivity contribution in [2.75, 3.05) is 13.1 Å². The summed E-state index contributed by atoms with van der Waals surface area (Å²) < 4.78 is 8.02. The fourth-order valence-corrected chi connectivity index (χ4v) is 3.46. The Hall–Kier alpha value is -1.73. The average molecular weight is 316 g/mol. The molecule has 0 aliphatic carbocycles. The van der Waals surface area contributed by atoms with Crippen molar-refractivity contribution < 1.29 is 4.74 Å². The van der Waals surface area contributed by atoms with Crippen molar-refractivity contribution in [1.29, 1.82) is 0 Å². The second-order valence-corrected chi connectivity index (χ2v) is 7.64. The van der Waals surface area contributed by atoms with Gasteiger partial charge in [-0.25, -0.2) is 4.68 Å². The molecule has 0 unspecified atom stereocenters. The lowest BCUT2D eigenvalue weighted by Crippen LogP contribution is -2.47. The molecule has 1 fully saturated rings. The Morgan fingerprint density at radius 1 is 1.39 bits per heavy atom. The van der Waals surface area contributed by atoms with Crippen molar-refractivity contribution in [3.05, 3.63) is 29.3 Å². The first kappa shape index (κ1) is 14.8. The van der Waals surface area contributed by atoms with E-state index in [4.69, 9.17) is 4.74 Å². The quantitative estimate of drug-likeness (QED) is 0.912. The van der Waals surface area contributed by atoms with Crippen LogP contribution in [-0.2, 0) is 23.3 Å². The molecule has 1 saturated heterocycles. The molecule has 0 amide bonds. The van der Waals surface area contributed by atoms with Gasteiger partial charge in [0.15, 0.2) is 0 Å². The lowest BCUT2D eigenvalue weighted by molar-refractivity contribution is -0.0671. The zero-order chi connectivity index (χ0) is 16.0. The SMILES string of the molecule is CC(C)(C)c1cc(CN2CC[C@@H]3OCc4cnnn4[C@H]3C2)[nH]n1. The van der Waals surface area contributed by atoms with E-state index in [-0.39, 0.29) is 17.6 Å². The summed E-state index contributed by atoms with van der Waals surface area (Å²) in [4.78, 5) is 2.45. The summed E-state index contributed by atoms with van der Waals surface area (Å²) in [6, 6.07) is 2.45. The maximum Gasteiger partial charge on any atom is 0.0930 e. The van der Waals surface area contributed by atoms with Crippen molar-refractivity contribution in [2.45, 2.75) is 57.9 Å². The largest absolute Gasteiger partial charge is 0.370 e. The number of hydrogen-bond acceptors (Lipinski definition) is 5. The fraction of sp³-hybridized carbons (Fsp3) is 0.688. The van der Waals surface area contributed by atoms with Crippen LogP contribution in [0.2, 0.25) is 0 Å². The number of piperidine rings is 1. The highest BCUT2D eigenvalue weighted by atomic mass is 16.5. The number of fused-ring (bicyclic) bond motifs is 3. The first-order valence-corrected chi connectivity index (χ1v) is 8.28. The number of likely N-dealkylation sites (tertiary alicyclic amines) is 1. The van der Waals surface area contributed by atoms with E-state index in [0.29, 0.717) is 6.61 Å². The second kappa shape index (κ2) is 5.42. The van der Waals surface area contributed by atoms with Crippen molar-refractivity contribution in [3.63, 3.8) is 0 Å². The highest BCUT2D eigenvalue weighted by molar-refractivity contribution is 5.16. The third-order valence-electron chi connectivity index (χ3n) is 4.81. The summed E-state index contributed by atoms with van der Waals surface area (Å²) in [5, 5.41) is 15.9. The minimum absolute atomic E-state index is 0.0780. The first-order valence-electron chi connectivity index (χ1n) is 8.28. The molecular formula is C16H24N6O. The van der Waals surface area contributed by atoms with E-state index >= 15 is 0 Å². The van der Waals surface area contributed by atoms with Crippen LogP contribution in [0.3, 0.4) is 0 Å². The monoisotopic (exact) mass is 316 g/mol. The van der Waals surface area contributed by atoms with Crippen LogP contribution in [0.5, 0.6) is 0 Å². The van der Waals surface area contributed by atoms with Gasteiger partial charge in [-0.2, -0.15) is 5.10 Å². The summed E-state index contributed by atoms with van der Waals surface area (Å²) in [6.45, 7) is 10.0. The highest BCUT2D eigenvalue weighted by Gasteiger charge is 2.36. The Bertz CT molecular complexity index is 685. The molecule has 7 heteroatoms. The van der Waals surface area contributed by atoms with Crippen molar-refractivity contribution in [2.24, 2.45) is 0 Å². The molecule has 0 saturated carbocycles. The minimum atomic E-state index is 0.0780. The third kappa shape index (κ3) is 2.79. The van der Waals surface area contributed by atoms with Crippen LogP contribution in [0, 0.1) is 0 Å². The van der Waals surface area contributed by atoms with Gasteiger partial charge >= 0.3 is 0 Å². The van der Waals surface area contributed by atoms with Gasteiger partial charge in [0.2, 0.25) is 0 Å². The van der Waals surface area contributed by atoms with Crippen molar-refractivity contribution in [3.8, 4) is 0 Å². The zero-order valence-electron chi connectivity index (χ0n) is 14.0. The van der Waals surface area contributed by atoms with Crippen LogP contribution in [0.1, 0.15) is 50.3 Å². The molecule has 2 aliphatic heterocycles. The van der Waals surface area contributed by atoms with Crippen LogP contribution >= 0.6 is 0 Å². The molecule has 124 valence electrons. The van der Waals surface area contributed by atoms with E-state index in [2.05, 4.69) is 52.2 Å². The predicted octanol–water partition coefficient (Wildman–Crippen LogP) is 1.64. The van der Waals surface area contributed by atoms with Crippen LogP contribution in [0.15, 0.2) is 12.3 Å². The number of ether oxygens (including phenoxy) is 1. The van der Waals surface area contributed by atoms with Gasteiger partial charge < -0.3 is 4.74 Å². The molecule has 2 aromatic rings. The van der Waals surface area contributed by atoms with E-state index in [1.165, 1.54) is 5.69 Å². The molecule has 23 heavy (non-hydrogen) atoms. The average Bonchev–Trinajstić information content (AvgIpc) is 3.15. The number of aromatic nitrogens is 5. The number of hydrogen-bond donors (Lipinski definition) is 1. The maximum absolute atomic E-state index is 5.97. The molecule has 7 nitrogen and oxygen atoms in total. The smallest absolute Gasteiger partial charge is 0.0930 e. The van der Waals surface area contributed by atoms with Gasteiger partial charge in [-0.05, 0) is 12.5 Å². The van der Waals surface area contributed by atoms with E-state index in [1.807, 2.05) is 4.68 Å². The molecular weight excluding hydrogens is 292 g/mol. The fourth-order valence-electron chi connectivity index (χ4n) is 3.46. The normalized spacial score (nSPS) is 25.2. The molecule has 2 aliphatic rings. The van der Waals surface area contributed by atoms with Gasteiger partial charge in [0, 0.05) is 30.7 Å². The van der Waals surface area contributed by atoms with Crippen LogP contribution in [0.25, 0.3) is 0 Å². The summed E-state index contributed by atoms with van der Waals surface area (Å²) in [7, 11) is 0. The van der Waals surface area contributed by atoms with E-state index in [0.717, 1.165) is 37.4 Å². The van der Waals surface area contributed by atoms with Gasteiger partial charge in [-0.1, -0.05) is 26.0 Å². The van der Waals surface area contributed by atoms with Crippen LogP contribution < -0.4 is 0 Å². The number of nitrogens with one attached hydrogen (secondary N) is 1. The molecule has 0 spiro atoms. The second-order valence-electron chi connectivity index (χ2n) is 7.64. The Kier molecular flexibility index (Phi) is 3.50. The van der Waals surface area contributed by atoms with E-state index < -0.39 is 0 Å². The molecule has 4 rings (SSSR count). The van der Waals surface area contributed by atoms with Crippen molar-refractivity contribution >= 4 is 0 Å². The van der Waals surface area contributed by atoms with Gasteiger partial charge in [0.25, 0.3) is 0 Å². The molecule has 0 bridgehead atoms. The number of nitrogens with zero attached hydrogens (tertiary/aromatic N) is 5. The lowest BCUT2D eigenvalue weighted by atomic mass is 9.92. The summed E-state index contributed by atoms with van der Waals surface area (Å²) in [5.41, 5.74) is 3.43. The van der Waals surface area contributed by atoms with E-state index in [9.17, 15) is 0 Å². The third-order valence-corrected chi connectivity index (χ3v) is 4.81. The van der Waals surface area contributed by atoms with Crippen LogP contribution in [0.4, 0.5) is 0 Å². The Labute approximate surface area is 136 Å². The standard InChI is InChI=1S/C16H24N6O/c1-16(2,3)15-6-11(18-19-15)8-21-5-4-14-13(9-21)22-12(10-23-14)7-17-20-22/h6-7,13-14H,4-5,8-10H2,1-3H3,(H,18,19)/t13-,14-/m0/s1. The summed E-state index contributed by atoms with van der Waals surface area (Å²) in [6.07, 6.45) is 3.09. The molecule has 4 heterocycles.